The maximum atomic E-state index is 13.2. The molecule has 4 aliphatic carbocycles. The van der Waals surface area contributed by atoms with Crippen LogP contribution in [0.1, 0.15) is 253 Å². The van der Waals surface area contributed by atoms with Gasteiger partial charge in [-0.1, -0.05) is 162 Å². The summed E-state index contributed by atoms with van der Waals surface area (Å²) in [6, 6.07) is 0. The van der Waals surface area contributed by atoms with Gasteiger partial charge >= 0.3 is 5.97 Å². The van der Waals surface area contributed by atoms with E-state index in [4.69, 9.17) is 4.74 Å². The summed E-state index contributed by atoms with van der Waals surface area (Å²) < 4.78 is 7.20. The molecule has 3 saturated carbocycles. The fourth-order valence-electron chi connectivity index (χ4n) is 13.5. The predicted octanol–water partition coefficient (Wildman–Crippen LogP) is 11.8. The third-order valence-corrected chi connectivity index (χ3v) is 17.6. The van der Waals surface area contributed by atoms with E-state index in [9.17, 15) is 14.4 Å². The summed E-state index contributed by atoms with van der Waals surface area (Å²) in [4.78, 5) is 38.6. The van der Waals surface area contributed by atoms with Crippen LogP contribution in [0, 0.1) is 34.5 Å². The molecule has 0 saturated heterocycles. The third kappa shape index (κ3) is 18.3. The van der Waals surface area contributed by atoms with E-state index < -0.39 is 0 Å². The number of nitrogens with zero attached hydrogens (tertiary/aromatic N) is 1. The molecule has 0 bridgehead atoms. The Morgan fingerprint density at radius 3 is 1.70 bits per heavy atom. The molecule has 4 rings (SSSR count). The Hall–Kier alpha value is -1.40. The average molecular weight is 902 g/mol. The molecule has 0 radical (unpaired) electrons. The van der Waals surface area contributed by atoms with Gasteiger partial charge in [0.2, 0.25) is 5.91 Å². The van der Waals surface area contributed by atoms with Crippen LogP contribution in [0.5, 0.6) is 0 Å². The van der Waals surface area contributed by atoms with Crippen LogP contribution in [0.4, 0.5) is 0 Å². The Balaban J connectivity index is 0.0000106. The molecule has 7 atom stereocenters. The van der Waals surface area contributed by atoms with Gasteiger partial charge in [-0.2, -0.15) is 0 Å². The summed E-state index contributed by atoms with van der Waals surface area (Å²) in [5.74, 6) is 2.49. The highest BCUT2D eigenvalue weighted by Gasteiger charge is 2.60. The lowest BCUT2D eigenvalue weighted by atomic mass is 9.46. The van der Waals surface area contributed by atoms with Crippen molar-refractivity contribution in [2.75, 3.05) is 33.2 Å². The first-order valence-electron chi connectivity index (χ1n) is 27.5. The van der Waals surface area contributed by atoms with Crippen LogP contribution < -0.4 is 17.7 Å². The minimum absolute atomic E-state index is 0. The van der Waals surface area contributed by atoms with E-state index >= 15 is 0 Å². The topological polar surface area (TPSA) is 72.5 Å². The standard InChI is InChI=1S/C56H100N2O4.ClH/c1-7-9-11-13-15-17-19-21-23-25-27-29-42-58(6,43-30-28-26-24-22-20-18-16-14-12-10-8-2)44-41-57-53(60)35-36-54(61)62-46(3)50-33-34-51-49-32-31-47-45-48(59)37-39-55(47,4)52(49)38-40-56(50,51)5;/h45-46,49-52H,7-44H2,1-6H3;1H/t46?,49?,50-,51?,52?,55+,56-;/m1./s1. The van der Waals surface area contributed by atoms with Crippen LogP contribution in [0.25, 0.3) is 0 Å². The Kier molecular flexibility index (Phi) is 26.7. The lowest BCUT2D eigenvalue weighted by Gasteiger charge is -2.58. The molecule has 0 spiro atoms. The van der Waals surface area contributed by atoms with Gasteiger partial charge in [0, 0.05) is 18.8 Å². The molecule has 366 valence electrons. The van der Waals surface area contributed by atoms with Gasteiger partial charge in [0.15, 0.2) is 5.78 Å². The highest BCUT2D eigenvalue weighted by molar-refractivity contribution is 5.91. The van der Waals surface area contributed by atoms with Gasteiger partial charge in [-0.15, -0.1) is 0 Å². The number of rotatable bonds is 34. The molecule has 3 fully saturated rings. The second kappa shape index (κ2) is 30.1. The zero-order valence-electron chi connectivity index (χ0n) is 42.3. The number of carbonyl (C=O) groups excluding carboxylic acids is 3. The number of ketones is 1. The minimum atomic E-state index is -0.222. The molecule has 4 aliphatic rings. The lowest BCUT2D eigenvalue weighted by Crippen LogP contribution is -3.00. The van der Waals surface area contributed by atoms with Gasteiger partial charge in [0.25, 0.3) is 0 Å². The second-order valence-corrected chi connectivity index (χ2v) is 22.3. The predicted molar refractivity (Wildman–Crippen MR) is 261 cm³/mol. The molecular weight excluding hydrogens is 800 g/mol. The van der Waals surface area contributed by atoms with E-state index in [0.29, 0.717) is 42.4 Å². The summed E-state index contributed by atoms with van der Waals surface area (Å²) in [5, 5.41) is 3.20. The Bertz CT molecular complexity index is 1310. The summed E-state index contributed by atoms with van der Waals surface area (Å²) >= 11 is 0. The molecule has 4 unspecified atom stereocenters. The SMILES string of the molecule is CCCCCCCCCCCCCC[N+](C)(CCCCCCCCCCCCCC)CCNC(=O)CCC(=O)OC(C)[C@H]1CCC2C3CCC4=CC(=O)CC[C@]4(C)C3CC[C@@]21C.[Cl-]. The minimum Gasteiger partial charge on any atom is -1.00 e. The van der Waals surface area contributed by atoms with E-state index in [2.05, 4.69) is 47.0 Å². The molecule has 0 aromatic heterocycles. The number of hydrogen-bond donors (Lipinski definition) is 1. The molecular formula is C56H101ClN2O4. The summed E-state index contributed by atoms with van der Waals surface area (Å²) in [6.07, 6.45) is 44.0. The monoisotopic (exact) mass is 901 g/mol. The van der Waals surface area contributed by atoms with Crippen LogP contribution in [0.2, 0.25) is 0 Å². The molecule has 1 N–H and O–H groups in total. The first-order valence-corrected chi connectivity index (χ1v) is 27.5. The van der Waals surface area contributed by atoms with E-state index in [-0.39, 0.29) is 54.1 Å². The van der Waals surface area contributed by atoms with Gasteiger partial charge in [-0.25, -0.2) is 0 Å². The van der Waals surface area contributed by atoms with Gasteiger partial charge in [-0.05, 0) is 112 Å². The highest BCUT2D eigenvalue weighted by Crippen LogP contribution is 2.67. The molecule has 0 aromatic rings. The maximum Gasteiger partial charge on any atom is 0.306 e. The quantitative estimate of drug-likeness (QED) is 0.0397. The van der Waals surface area contributed by atoms with Gasteiger partial charge in [0.05, 0.1) is 39.6 Å². The molecule has 6 nitrogen and oxygen atoms in total. The normalized spacial score (nSPS) is 25.9. The van der Waals surface area contributed by atoms with Gasteiger partial charge < -0.3 is 26.9 Å². The number of halogens is 1. The van der Waals surface area contributed by atoms with Crippen molar-refractivity contribution in [2.24, 2.45) is 34.5 Å². The number of unbranched alkanes of at least 4 members (excludes halogenated alkanes) is 22. The van der Waals surface area contributed by atoms with Crippen LogP contribution in [0.15, 0.2) is 11.6 Å². The lowest BCUT2D eigenvalue weighted by molar-refractivity contribution is -0.908. The summed E-state index contributed by atoms with van der Waals surface area (Å²) in [6.45, 7) is 15.7. The maximum absolute atomic E-state index is 13.2. The van der Waals surface area contributed by atoms with Crippen molar-refractivity contribution < 1.29 is 36.0 Å². The molecule has 1 amide bonds. The second-order valence-electron chi connectivity index (χ2n) is 22.3. The van der Waals surface area contributed by atoms with Crippen molar-refractivity contribution in [3.05, 3.63) is 11.6 Å². The number of nitrogens with one attached hydrogen (secondary N) is 1. The van der Waals surface area contributed by atoms with E-state index in [1.807, 2.05) is 6.08 Å². The fraction of sp³-hybridized carbons (Fsp3) is 0.911. The van der Waals surface area contributed by atoms with Crippen molar-refractivity contribution in [2.45, 2.75) is 259 Å². The summed E-state index contributed by atoms with van der Waals surface area (Å²) in [5.41, 5.74) is 1.80. The van der Waals surface area contributed by atoms with Crippen LogP contribution in [-0.4, -0.2) is 61.5 Å². The van der Waals surface area contributed by atoms with Crippen LogP contribution >= 0.6 is 0 Å². The average Bonchev–Trinajstić information content (AvgIpc) is 3.61. The van der Waals surface area contributed by atoms with E-state index in [0.717, 1.165) is 30.3 Å². The number of ether oxygens (including phenoxy) is 1. The number of fused-ring (bicyclic) bond motifs is 5. The smallest absolute Gasteiger partial charge is 0.306 e. The van der Waals surface area contributed by atoms with E-state index in [1.165, 1.54) is 198 Å². The largest absolute Gasteiger partial charge is 1.00 e. The van der Waals surface area contributed by atoms with Crippen molar-refractivity contribution in [3.8, 4) is 0 Å². The Morgan fingerprint density at radius 1 is 0.667 bits per heavy atom. The highest BCUT2D eigenvalue weighted by atomic mass is 35.5. The van der Waals surface area contributed by atoms with Crippen molar-refractivity contribution in [1.82, 2.24) is 5.32 Å². The third-order valence-electron chi connectivity index (χ3n) is 17.6. The molecule has 63 heavy (non-hydrogen) atoms. The molecule has 0 aromatic carbocycles. The first-order chi connectivity index (χ1) is 30.0. The zero-order chi connectivity index (χ0) is 44.7. The number of hydrogen-bond acceptors (Lipinski definition) is 4. The van der Waals surface area contributed by atoms with Gasteiger partial charge in [-0.3, -0.25) is 14.4 Å². The number of quaternary nitrogens is 1. The summed E-state index contributed by atoms with van der Waals surface area (Å²) in [7, 11) is 2.42. The number of esters is 1. The number of carbonyl (C=O) groups is 3. The van der Waals surface area contributed by atoms with Crippen LogP contribution in [-0.2, 0) is 19.1 Å². The van der Waals surface area contributed by atoms with E-state index in [1.54, 1.807) is 0 Å². The molecule has 0 aliphatic heterocycles. The Labute approximate surface area is 395 Å². The molecule has 0 heterocycles. The number of amides is 1. The number of allylic oxidation sites excluding steroid dienone is 1. The van der Waals surface area contributed by atoms with Crippen molar-refractivity contribution in [1.29, 1.82) is 0 Å². The van der Waals surface area contributed by atoms with Crippen molar-refractivity contribution in [3.63, 3.8) is 0 Å². The fourth-order valence-corrected chi connectivity index (χ4v) is 13.5. The zero-order valence-corrected chi connectivity index (χ0v) is 43.0. The first kappa shape index (κ1) is 55.9. The Morgan fingerprint density at radius 2 is 1.17 bits per heavy atom. The number of likely N-dealkylation sites (N-methyl/N-ethyl adjacent to an activating group) is 1. The molecule has 7 heteroatoms. The van der Waals surface area contributed by atoms with Gasteiger partial charge in [0.1, 0.15) is 6.10 Å². The van der Waals surface area contributed by atoms with Crippen LogP contribution in [0.3, 0.4) is 0 Å². The van der Waals surface area contributed by atoms with Crippen molar-refractivity contribution >= 4 is 17.7 Å².